The first-order valence-corrected chi connectivity index (χ1v) is 8.30. The number of nitrogens with zero attached hydrogens (tertiary/aromatic N) is 1. The molecule has 0 spiro atoms. The van der Waals surface area contributed by atoms with Crippen LogP contribution in [-0.4, -0.2) is 29.6 Å². The number of rotatable bonds is 8. The summed E-state index contributed by atoms with van der Waals surface area (Å²) >= 11 is 0. The van der Waals surface area contributed by atoms with E-state index in [1.54, 1.807) is 13.2 Å². The second-order valence-electron chi connectivity index (χ2n) is 5.74. The van der Waals surface area contributed by atoms with Crippen molar-refractivity contribution in [3.05, 3.63) is 66.5 Å². The Hall–Kier alpha value is -3.28. The zero-order valence-electron chi connectivity index (χ0n) is 14.6. The fourth-order valence-electron chi connectivity index (χ4n) is 2.59. The summed E-state index contributed by atoms with van der Waals surface area (Å²) < 4.78 is 10.9. The zero-order chi connectivity index (χ0) is 18.4. The molecule has 0 atom stereocenters. The minimum Gasteiger partial charge on any atom is -0.493 e. The van der Waals surface area contributed by atoms with E-state index >= 15 is 0 Å². The lowest BCUT2D eigenvalue weighted by Crippen LogP contribution is -2.28. The van der Waals surface area contributed by atoms with Crippen LogP contribution >= 0.6 is 0 Å². The third-order valence-corrected chi connectivity index (χ3v) is 3.86. The van der Waals surface area contributed by atoms with Gasteiger partial charge in [-0.05, 0) is 36.2 Å². The van der Waals surface area contributed by atoms with Crippen molar-refractivity contribution in [3.63, 3.8) is 0 Å². The molecule has 0 aliphatic heterocycles. The van der Waals surface area contributed by atoms with Crippen LogP contribution in [0.2, 0.25) is 0 Å². The Balaban J connectivity index is 1.54. The Morgan fingerprint density at radius 1 is 1.27 bits per heavy atom. The number of allylic oxidation sites excluding steroid dienone is 1. The summed E-state index contributed by atoms with van der Waals surface area (Å²) in [5.74, 6) is 1.59. The monoisotopic (exact) mass is 351 g/mol. The summed E-state index contributed by atoms with van der Waals surface area (Å²) in [6.45, 7) is 3.93. The first-order chi connectivity index (χ1) is 12.7. The van der Waals surface area contributed by atoms with Crippen LogP contribution in [-0.2, 0) is 17.8 Å². The Morgan fingerprint density at radius 3 is 2.88 bits per heavy atom. The van der Waals surface area contributed by atoms with E-state index in [0.717, 1.165) is 23.0 Å². The zero-order valence-corrected chi connectivity index (χ0v) is 14.6. The number of hydrogen-bond acceptors (Lipinski definition) is 4. The van der Waals surface area contributed by atoms with Crippen molar-refractivity contribution in [2.45, 2.75) is 13.0 Å². The van der Waals surface area contributed by atoms with Gasteiger partial charge in [0.15, 0.2) is 18.1 Å². The molecule has 0 bridgehead atoms. The largest absolute Gasteiger partial charge is 0.493 e. The average Bonchev–Trinajstić information content (AvgIpc) is 3.08. The summed E-state index contributed by atoms with van der Waals surface area (Å²) in [5.41, 5.74) is 2.88. The third kappa shape index (κ3) is 4.22. The second kappa shape index (κ2) is 8.20. The van der Waals surface area contributed by atoms with Gasteiger partial charge < -0.3 is 19.8 Å². The number of para-hydroxylation sites is 2. The number of carbonyl (C=O) groups is 1. The van der Waals surface area contributed by atoms with Crippen LogP contribution in [0.25, 0.3) is 11.0 Å². The van der Waals surface area contributed by atoms with Crippen molar-refractivity contribution in [1.82, 2.24) is 15.3 Å². The molecule has 1 aromatic heterocycles. The SMILES string of the molecule is C=CCc1ccc(OCC(=O)NCc2nc3ccccc3[nH]2)c(OC)c1. The van der Waals surface area contributed by atoms with Gasteiger partial charge in [-0.15, -0.1) is 6.58 Å². The summed E-state index contributed by atoms with van der Waals surface area (Å²) in [6, 6.07) is 13.3. The average molecular weight is 351 g/mol. The Morgan fingerprint density at radius 2 is 2.12 bits per heavy atom. The lowest BCUT2D eigenvalue weighted by atomic mass is 10.1. The molecule has 0 radical (unpaired) electrons. The van der Waals surface area contributed by atoms with Gasteiger partial charge in [0.25, 0.3) is 5.91 Å². The normalized spacial score (nSPS) is 10.5. The van der Waals surface area contributed by atoms with E-state index in [4.69, 9.17) is 9.47 Å². The van der Waals surface area contributed by atoms with E-state index in [1.165, 1.54) is 0 Å². The number of aromatic amines is 1. The maximum absolute atomic E-state index is 12.0. The summed E-state index contributed by atoms with van der Waals surface area (Å²) in [6.07, 6.45) is 2.56. The van der Waals surface area contributed by atoms with E-state index < -0.39 is 0 Å². The highest BCUT2D eigenvalue weighted by molar-refractivity contribution is 5.78. The van der Waals surface area contributed by atoms with Crippen molar-refractivity contribution in [2.24, 2.45) is 0 Å². The number of benzene rings is 2. The van der Waals surface area contributed by atoms with Crippen LogP contribution in [0.1, 0.15) is 11.4 Å². The number of imidazole rings is 1. The van der Waals surface area contributed by atoms with Gasteiger partial charge in [0.2, 0.25) is 0 Å². The van der Waals surface area contributed by atoms with E-state index in [-0.39, 0.29) is 12.5 Å². The number of nitrogens with one attached hydrogen (secondary N) is 2. The Labute approximate surface area is 151 Å². The molecule has 2 N–H and O–H groups in total. The van der Waals surface area contributed by atoms with Crippen LogP contribution in [0.5, 0.6) is 11.5 Å². The smallest absolute Gasteiger partial charge is 0.258 e. The van der Waals surface area contributed by atoms with Gasteiger partial charge in [-0.1, -0.05) is 24.3 Å². The van der Waals surface area contributed by atoms with Crippen LogP contribution in [0.15, 0.2) is 55.1 Å². The summed E-state index contributed by atoms with van der Waals surface area (Å²) in [5, 5.41) is 2.79. The maximum atomic E-state index is 12.0. The lowest BCUT2D eigenvalue weighted by molar-refractivity contribution is -0.123. The molecule has 0 unspecified atom stereocenters. The van der Waals surface area contributed by atoms with E-state index in [9.17, 15) is 4.79 Å². The Kier molecular flexibility index (Phi) is 5.53. The quantitative estimate of drug-likeness (QED) is 0.612. The standard InChI is InChI=1S/C20H21N3O3/c1-3-6-14-9-10-17(18(11-14)25-2)26-13-20(24)21-12-19-22-15-7-4-5-8-16(15)23-19/h3-5,7-11H,1,6,12-13H2,2H3,(H,21,24)(H,22,23). The molecule has 0 aliphatic rings. The van der Waals surface area contributed by atoms with Gasteiger partial charge in [-0.3, -0.25) is 4.79 Å². The fraction of sp³-hybridized carbons (Fsp3) is 0.200. The molecule has 2 aromatic carbocycles. The highest BCUT2D eigenvalue weighted by Gasteiger charge is 2.09. The van der Waals surface area contributed by atoms with Crippen LogP contribution in [0.3, 0.4) is 0 Å². The molecular formula is C20H21N3O3. The second-order valence-corrected chi connectivity index (χ2v) is 5.74. The molecule has 26 heavy (non-hydrogen) atoms. The minimum atomic E-state index is -0.234. The number of amides is 1. The van der Waals surface area contributed by atoms with E-state index in [0.29, 0.717) is 23.9 Å². The van der Waals surface area contributed by atoms with Crippen molar-refractivity contribution in [2.75, 3.05) is 13.7 Å². The molecule has 6 nitrogen and oxygen atoms in total. The van der Waals surface area contributed by atoms with Gasteiger partial charge >= 0.3 is 0 Å². The van der Waals surface area contributed by atoms with Gasteiger partial charge in [-0.2, -0.15) is 0 Å². The van der Waals surface area contributed by atoms with Crippen molar-refractivity contribution >= 4 is 16.9 Å². The molecule has 134 valence electrons. The molecule has 3 aromatic rings. The predicted octanol–water partition coefficient (Wildman–Crippen LogP) is 3.00. The van der Waals surface area contributed by atoms with Crippen LogP contribution in [0.4, 0.5) is 0 Å². The lowest BCUT2D eigenvalue weighted by Gasteiger charge is -2.11. The molecule has 6 heteroatoms. The van der Waals surface area contributed by atoms with Gasteiger partial charge in [0.05, 0.1) is 24.7 Å². The topological polar surface area (TPSA) is 76.2 Å². The summed E-state index contributed by atoms with van der Waals surface area (Å²) in [7, 11) is 1.57. The molecule has 1 heterocycles. The van der Waals surface area contributed by atoms with Crippen LogP contribution in [0, 0.1) is 0 Å². The first kappa shape index (κ1) is 17.5. The number of carbonyl (C=O) groups excluding carboxylic acids is 1. The number of hydrogen-bond donors (Lipinski definition) is 2. The van der Waals surface area contributed by atoms with E-state index in [2.05, 4.69) is 21.9 Å². The highest BCUT2D eigenvalue weighted by atomic mass is 16.5. The summed E-state index contributed by atoms with van der Waals surface area (Å²) in [4.78, 5) is 19.6. The maximum Gasteiger partial charge on any atom is 0.258 e. The molecule has 0 saturated heterocycles. The Bertz CT molecular complexity index is 885. The molecular weight excluding hydrogens is 330 g/mol. The van der Waals surface area contributed by atoms with Gasteiger partial charge in [0.1, 0.15) is 5.82 Å². The number of aromatic nitrogens is 2. The van der Waals surface area contributed by atoms with Gasteiger partial charge in [0, 0.05) is 0 Å². The van der Waals surface area contributed by atoms with E-state index in [1.807, 2.05) is 42.5 Å². The molecule has 0 fully saturated rings. The van der Waals surface area contributed by atoms with Crippen molar-refractivity contribution in [3.8, 4) is 11.5 Å². The number of methoxy groups -OCH3 is 1. The molecule has 3 rings (SSSR count). The number of ether oxygens (including phenoxy) is 2. The first-order valence-electron chi connectivity index (χ1n) is 8.30. The predicted molar refractivity (Wildman–Crippen MR) is 100 cm³/mol. The fourth-order valence-corrected chi connectivity index (χ4v) is 2.59. The number of H-pyrrole nitrogens is 1. The van der Waals surface area contributed by atoms with Gasteiger partial charge in [-0.25, -0.2) is 4.98 Å². The third-order valence-electron chi connectivity index (χ3n) is 3.86. The molecule has 0 aliphatic carbocycles. The van der Waals surface area contributed by atoms with Crippen LogP contribution < -0.4 is 14.8 Å². The minimum absolute atomic E-state index is 0.0998. The van der Waals surface area contributed by atoms with Crippen molar-refractivity contribution < 1.29 is 14.3 Å². The van der Waals surface area contributed by atoms with Crippen molar-refractivity contribution in [1.29, 1.82) is 0 Å². The highest BCUT2D eigenvalue weighted by Crippen LogP contribution is 2.28. The molecule has 1 amide bonds. The number of fused-ring (bicyclic) bond motifs is 1. The molecule has 0 saturated carbocycles.